The summed E-state index contributed by atoms with van der Waals surface area (Å²) in [5, 5.41) is 23.3. The van der Waals surface area contributed by atoms with Gasteiger partial charge in [-0.2, -0.15) is 0 Å². The fourth-order valence-corrected chi connectivity index (χ4v) is 10.3. The molecule has 0 aliphatic heterocycles. The normalized spacial score (nSPS) is 12.6. The van der Waals surface area contributed by atoms with E-state index < -0.39 is 12.1 Å². The van der Waals surface area contributed by atoms with E-state index >= 15 is 0 Å². The zero-order chi connectivity index (χ0) is 51.4. The molecular weight excluding hydrogens is 875 g/mol. The molecule has 3 N–H and O–H groups in total. The van der Waals surface area contributed by atoms with Crippen LogP contribution in [-0.2, 0) is 14.3 Å². The Bertz CT molecular complexity index is 1060. The minimum absolute atomic E-state index is 0.00940. The van der Waals surface area contributed by atoms with Crippen LogP contribution in [0.2, 0.25) is 0 Å². The third-order valence-electron chi connectivity index (χ3n) is 15.3. The number of nitrogens with one attached hydrogen (secondary N) is 1. The molecule has 2 atom stereocenters. The summed E-state index contributed by atoms with van der Waals surface area (Å²) >= 11 is 0. The van der Waals surface area contributed by atoms with Gasteiger partial charge in [0, 0.05) is 12.8 Å². The number of amides is 1. The number of carbonyl (C=O) groups excluding carboxylic acids is 2. The molecule has 0 aliphatic rings. The van der Waals surface area contributed by atoms with Crippen LogP contribution in [-0.4, -0.2) is 47.4 Å². The number of hydrogen-bond acceptors (Lipinski definition) is 5. The van der Waals surface area contributed by atoms with E-state index in [1.165, 1.54) is 289 Å². The van der Waals surface area contributed by atoms with Gasteiger partial charge in [0.05, 0.1) is 25.4 Å². The smallest absolute Gasteiger partial charge is 0.305 e. The molecule has 0 rings (SSSR count). The molecule has 1 amide bonds. The zero-order valence-electron chi connectivity index (χ0n) is 48.2. The fourth-order valence-electron chi connectivity index (χ4n) is 10.3. The molecule has 0 aliphatic carbocycles. The standard InChI is InChI=1S/C65H127NO5/c1-3-5-7-9-11-13-15-17-33-37-41-45-49-53-57-63(68)62(61-67)66-64(69)58-54-50-46-42-38-34-31-29-27-25-23-21-19-20-22-24-26-28-30-32-36-40-44-48-52-56-60-71-65(70)59-55-51-47-43-39-35-18-16-14-12-10-8-6-4-2/h16,18,62-63,67-68H,3-15,17,19-61H2,1-2H3,(H,66,69)/b18-16-. The average molecular weight is 1000 g/mol. The minimum atomic E-state index is -0.661. The molecular formula is C65H127NO5. The maximum absolute atomic E-state index is 12.5. The Labute approximate surface area is 444 Å². The van der Waals surface area contributed by atoms with Crippen LogP contribution in [0.15, 0.2) is 12.2 Å². The van der Waals surface area contributed by atoms with Crippen molar-refractivity contribution in [3.8, 4) is 0 Å². The minimum Gasteiger partial charge on any atom is -0.466 e. The Hall–Kier alpha value is -1.40. The van der Waals surface area contributed by atoms with Gasteiger partial charge in [-0.05, 0) is 51.4 Å². The van der Waals surface area contributed by atoms with Crippen LogP contribution in [0.4, 0.5) is 0 Å². The second kappa shape index (κ2) is 61.1. The monoisotopic (exact) mass is 1000 g/mol. The molecule has 0 fully saturated rings. The van der Waals surface area contributed by atoms with Crippen molar-refractivity contribution in [1.82, 2.24) is 5.32 Å². The van der Waals surface area contributed by atoms with Crippen LogP contribution in [0.1, 0.15) is 367 Å². The lowest BCUT2D eigenvalue weighted by atomic mass is 10.0. The van der Waals surface area contributed by atoms with Crippen LogP contribution in [0.3, 0.4) is 0 Å². The molecule has 0 saturated heterocycles. The molecule has 6 nitrogen and oxygen atoms in total. The molecule has 0 aromatic carbocycles. The van der Waals surface area contributed by atoms with Crippen LogP contribution < -0.4 is 5.32 Å². The van der Waals surface area contributed by atoms with Gasteiger partial charge in [-0.15, -0.1) is 0 Å². The van der Waals surface area contributed by atoms with E-state index in [0.717, 1.165) is 44.9 Å². The van der Waals surface area contributed by atoms with Crippen molar-refractivity contribution in [3.05, 3.63) is 12.2 Å². The highest BCUT2D eigenvalue weighted by molar-refractivity contribution is 5.76. The number of hydrogen-bond donors (Lipinski definition) is 3. The van der Waals surface area contributed by atoms with Gasteiger partial charge in [0.15, 0.2) is 0 Å². The molecule has 0 spiro atoms. The first kappa shape index (κ1) is 69.6. The van der Waals surface area contributed by atoms with Crippen molar-refractivity contribution >= 4 is 11.9 Å². The van der Waals surface area contributed by atoms with E-state index in [1.807, 2.05) is 0 Å². The lowest BCUT2D eigenvalue weighted by Crippen LogP contribution is -2.45. The number of unbranched alkanes of at least 4 members (excludes halogenated alkanes) is 48. The summed E-state index contributed by atoms with van der Waals surface area (Å²) in [5.41, 5.74) is 0. The highest BCUT2D eigenvalue weighted by atomic mass is 16.5. The third-order valence-corrected chi connectivity index (χ3v) is 15.3. The van der Waals surface area contributed by atoms with Gasteiger partial charge in [-0.1, -0.05) is 315 Å². The Kier molecular flexibility index (Phi) is 59.9. The Balaban J connectivity index is 3.34. The number of carbonyl (C=O) groups is 2. The van der Waals surface area contributed by atoms with Gasteiger partial charge < -0.3 is 20.3 Å². The molecule has 422 valence electrons. The van der Waals surface area contributed by atoms with Crippen LogP contribution in [0.25, 0.3) is 0 Å². The molecule has 0 aromatic rings. The number of aliphatic hydroxyl groups excluding tert-OH is 2. The van der Waals surface area contributed by atoms with Gasteiger partial charge in [0.1, 0.15) is 0 Å². The SMILES string of the molecule is CCCCCCC/C=C\CCCCCCCC(=O)OCCCCCCCCCCCCCCCCCCCCCCCCCCCCC(=O)NC(CO)C(O)CCCCCCCCCCCCCCCC. The highest BCUT2D eigenvalue weighted by Crippen LogP contribution is 2.18. The van der Waals surface area contributed by atoms with E-state index in [4.69, 9.17) is 4.74 Å². The molecule has 0 saturated carbocycles. The first-order valence-electron chi connectivity index (χ1n) is 32.4. The van der Waals surface area contributed by atoms with E-state index in [0.29, 0.717) is 25.9 Å². The van der Waals surface area contributed by atoms with Gasteiger partial charge >= 0.3 is 5.97 Å². The zero-order valence-corrected chi connectivity index (χ0v) is 48.2. The predicted molar refractivity (Wildman–Crippen MR) is 310 cm³/mol. The van der Waals surface area contributed by atoms with Gasteiger partial charge in [-0.3, -0.25) is 9.59 Å². The second-order valence-electron chi connectivity index (χ2n) is 22.5. The van der Waals surface area contributed by atoms with Crippen molar-refractivity contribution in [3.63, 3.8) is 0 Å². The van der Waals surface area contributed by atoms with Crippen LogP contribution in [0.5, 0.6) is 0 Å². The van der Waals surface area contributed by atoms with Gasteiger partial charge in [-0.25, -0.2) is 0 Å². The number of esters is 1. The third kappa shape index (κ3) is 57.7. The highest BCUT2D eigenvalue weighted by Gasteiger charge is 2.20. The van der Waals surface area contributed by atoms with Crippen LogP contribution in [0, 0.1) is 0 Å². The van der Waals surface area contributed by atoms with Crippen molar-refractivity contribution < 1.29 is 24.5 Å². The molecule has 0 aromatic heterocycles. The molecule has 0 bridgehead atoms. The summed E-state index contributed by atoms with van der Waals surface area (Å²) in [6, 6.07) is -0.538. The molecule has 71 heavy (non-hydrogen) atoms. The number of aliphatic hydroxyl groups is 2. The van der Waals surface area contributed by atoms with Gasteiger partial charge in [0.25, 0.3) is 0 Å². The molecule has 6 heteroatoms. The lowest BCUT2D eigenvalue weighted by molar-refractivity contribution is -0.143. The Morgan fingerprint density at radius 1 is 0.380 bits per heavy atom. The van der Waals surface area contributed by atoms with Crippen molar-refractivity contribution in [2.75, 3.05) is 13.2 Å². The fraction of sp³-hybridized carbons (Fsp3) is 0.938. The van der Waals surface area contributed by atoms with Crippen LogP contribution >= 0.6 is 0 Å². The van der Waals surface area contributed by atoms with Crippen molar-refractivity contribution in [2.24, 2.45) is 0 Å². The Morgan fingerprint density at radius 3 is 1.00 bits per heavy atom. The van der Waals surface area contributed by atoms with Crippen molar-refractivity contribution in [2.45, 2.75) is 379 Å². The van der Waals surface area contributed by atoms with E-state index in [9.17, 15) is 19.8 Å². The summed E-state index contributed by atoms with van der Waals surface area (Å²) in [6.07, 6.45) is 73.8. The lowest BCUT2D eigenvalue weighted by Gasteiger charge is -2.22. The summed E-state index contributed by atoms with van der Waals surface area (Å²) in [7, 11) is 0. The summed E-state index contributed by atoms with van der Waals surface area (Å²) in [6.45, 7) is 4.97. The predicted octanol–water partition coefficient (Wildman–Crippen LogP) is 20.4. The summed E-state index contributed by atoms with van der Waals surface area (Å²) in [4.78, 5) is 24.5. The average Bonchev–Trinajstić information content (AvgIpc) is 3.37. The second-order valence-corrected chi connectivity index (χ2v) is 22.5. The van der Waals surface area contributed by atoms with Gasteiger partial charge in [0.2, 0.25) is 5.91 Å². The molecule has 2 unspecified atom stereocenters. The first-order chi connectivity index (χ1) is 35.0. The maximum atomic E-state index is 12.5. The molecule has 0 radical (unpaired) electrons. The number of ether oxygens (including phenoxy) is 1. The molecule has 0 heterocycles. The van der Waals surface area contributed by atoms with E-state index in [-0.39, 0.29) is 18.5 Å². The number of rotatable bonds is 61. The van der Waals surface area contributed by atoms with E-state index in [2.05, 4.69) is 31.3 Å². The Morgan fingerprint density at radius 2 is 0.662 bits per heavy atom. The topological polar surface area (TPSA) is 95.9 Å². The largest absolute Gasteiger partial charge is 0.466 e. The number of allylic oxidation sites excluding steroid dienone is 2. The van der Waals surface area contributed by atoms with Crippen molar-refractivity contribution in [1.29, 1.82) is 0 Å². The summed E-state index contributed by atoms with van der Waals surface area (Å²) < 4.78 is 5.48. The summed E-state index contributed by atoms with van der Waals surface area (Å²) in [5.74, 6) is -0.0210. The quantitative estimate of drug-likeness (QED) is 0.0320. The van der Waals surface area contributed by atoms with E-state index in [1.54, 1.807) is 0 Å². The maximum Gasteiger partial charge on any atom is 0.305 e. The first-order valence-corrected chi connectivity index (χ1v) is 32.4.